The normalized spacial score (nSPS) is 32.5. The highest BCUT2D eigenvalue weighted by Gasteiger charge is 2.20. The molecule has 0 radical (unpaired) electrons. The molecule has 1 atom stereocenters. The fourth-order valence-electron chi connectivity index (χ4n) is 1.75. The zero-order chi connectivity index (χ0) is 8.23. The second kappa shape index (κ2) is 4.21. The maximum Gasteiger partial charge on any atom is 0.177 e. The molecule has 1 unspecified atom stereocenters. The van der Waals surface area contributed by atoms with Crippen LogP contribution >= 0.6 is 0 Å². The SMILES string of the molecule is C1CCC(ON2CCCC2)OC1. The Hall–Kier alpha value is -0.120. The van der Waals surface area contributed by atoms with Gasteiger partial charge in [0.05, 0.1) is 0 Å². The van der Waals surface area contributed by atoms with Gasteiger partial charge < -0.3 is 4.74 Å². The van der Waals surface area contributed by atoms with Crippen molar-refractivity contribution in [2.24, 2.45) is 0 Å². The molecule has 0 N–H and O–H groups in total. The summed E-state index contributed by atoms with van der Waals surface area (Å²) in [6.07, 6.45) is 6.10. The maximum atomic E-state index is 5.66. The van der Waals surface area contributed by atoms with Gasteiger partial charge in [0.1, 0.15) is 0 Å². The molecule has 0 aromatic heterocycles. The highest BCUT2D eigenvalue weighted by Crippen LogP contribution is 2.17. The van der Waals surface area contributed by atoms with Gasteiger partial charge in [0.2, 0.25) is 0 Å². The average Bonchev–Trinajstić information content (AvgIpc) is 2.59. The Morgan fingerprint density at radius 1 is 1.08 bits per heavy atom. The molecular formula is C9H17NO2. The first kappa shape index (κ1) is 8.48. The van der Waals surface area contributed by atoms with Crippen LogP contribution in [-0.4, -0.2) is 31.0 Å². The van der Waals surface area contributed by atoms with E-state index in [4.69, 9.17) is 9.57 Å². The zero-order valence-electron chi connectivity index (χ0n) is 7.50. The van der Waals surface area contributed by atoms with Gasteiger partial charge in [0, 0.05) is 26.1 Å². The van der Waals surface area contributed by atoms with Gasteiger partial charge in [-0.3, -0.25) is 4.84 Å². The molecule has 70 valence electrons. The Bertz CT molecular complexity index is 128. The van der Waals surface area contributed by atoms with Crippen LogP contribution in [0.5, 0.6) is 0 Å². The Morgan fingerprint density at radius 2 is 1.92 bits per heavy atom. The van der Waals surface area contributed by atoms with Gasteiger partial charge in [0.15, 0.2) is 6.29 Å². The van der Waals surface area contributed by atoms with Crippen LogP contribution in [-0.2, 0) is 9.57 Å². The van der Waals surface area contributed by atoms with E-state index < -0.39 is 0 Å². The Kier molecular flexibility index (Phi) is 2.98. The minimum atomic E-state index is 0.0526. The largest absolute Gasteiger partial charge is 0.351 e. The van der Waals surface area contributed by atoms with E-state index in [1.807, 2.05) is 0 Å². The molecule has 12 heavy (non-hydrogen) atoms. The fraction of sp³-hybridized carbons (Fsp3) is 1.00. The molecule has 3 nitrogen and oxygen atoms in total. The van der Waals surface area contributed by atoms with Gasteiger partial charge >= 0.3 is 0 Å². The molecule has 2 rings (SSSR count). The third kappa shape index (κ3) is 2.19. The molecule has 0 spiro atoms. The van der Waals surface area contributed by atoms with Gasteiger partial charge in [-0.25, -0.2) is 0 Å². The Balaban J connectivity index is 1.69. The molecule has 2 heterocycles. The zero-order valence-corrected chi connectivity index (χ0v) is 7.50. The molecule has 0 aromatic carbocycles. The van der Waals surface area contributed by atoms with Gasteiger partial charge in [-0.2, -0.15) is 5.06 Å². The van der Waals surface area contributed by atoms with E-state index >= 15 is 0 Å². The molecule has 0 aliphatic carbocycles. The number of hydrogen-bond donors (Lipinski definition) is 0. The van der Waals surface area contributed by atoms with E-state index in [-0.39, 0.29) is 6.29 Å². The van der Waals surface area contributed by atoms with Crippen molar-refractivity contribution in [2.75, 3.05) is 19.7 Å². The lowest BCUT2D eigenvalue weighted by molar-refractivity contribution is -0.282. The molecule has 2 saturated heterocycles. The van der Waals surface area contributed by atoms with Gasteiger partial charge in [-0.15, -0.1) is 0 Å². The van der Waals surface area contributed by atoms with Crippen LogP contribution in [0.1, 0.15) is 32.1 Å². The molecular weight excluding hydrogens is 154 g/mol. The standard InChI is InChI=1S/C9H17NO2/c1-4-8-11-9(5-1)12-10-6-2-3-7-10/h9H,1-8H2. The summed E-state index contributed by atoms with van der Waals surface area (Å²) < 4.78 is 5.48. The van der Waals surface area contributed by atoms with Gasteiger partial charge in [0.25, 0.3) is 0 Å². The van der Waals surface area contributed by atoms with Crippen LogP contribution in [0.4, 0.5) is 0 Å². The summed E-state index contributed by atoms with van der Waals surface area (Å²) in [6, 6.07) is 0. The fourth-order valence-corrected chi connectivity index (χ4v) is 1.75. The van der Waals surface area contributed by atoms with Gasteiger partial charge in [-0.1, -0.05) is 0 Å². The Morgan fingerprint density at radius 3 is 2.58 bits per heavy atom. The van der Waals surface area contributed by atoms with Crippen molar-refractivity contribution in [2.45, 2.75) is 38.4 Å². The van der Waals surface area contributed by atoms with Crippen LogP contribution in [0.2, 0.25) is 0 Å². The smallest absolute Gasteiger partial charge is 0.177 e. The summed E-state index contributed by atoms with van der Waals surface area (Å²) in [5.41, 5.74) is 0. The second-order valence-corrected chi connectivity index (χ2v) is 3.54. The predicted molar refractivity (Wildman–Crippen MR) is 45.5 cm³/mol. The van der Waals surface area contributed by atoms with E-state index in [0.717, 1.165) is 26.1 Å². The molecule has 2 fully saturated rings. The minimum Gasteiger partial charge on any atom is -0.351 e. The summed E-state index contributed by atoms with van der Waals surface area (Å²) in [7, 11) is 0. The lowest BCUT2D eigenvalue weighted by Crippen LogP contribution is -2.31. The van der Waals surface area contributed by atoms with Crippen LogP contribution in [0.25, 0.3) is 0 Å². The maximum absolute atomic E-state index is 5.66. The average molecular weight is 171 g/mol. The summed E-state index contributed by atoms with van der Waals surface area (Å²) in [6.45, 7) is 3.04. The summed E-state index contributed by atoms with van der Waals surface area (Å²) >= 11 is 0. The highest BCUT2D eigenvalue weighted by molar-refractivity contribution is 4.59. The molecule has 2 aliphatic heterocycles. The van der Waals surface area contributed by atoms with Crippen LogP contribution in [0.15, 0.2) is 0 Å². The van der Waals surface area contributed by atoms with E-state index in [9.17, 15) is 0 Å². The van der Waals surface area contributed by atoms with Crippen molar-refractivity contribution >= 4 is 0 Å². The quantitative estimate of drug-likeness (QED) is 0.629. The summed E-state index contributed by atoms with van der Waals surface area (Å²) in [5.74, 6) is 0. The summed E-state index contributed by atoms with van der Waals surface area (Å²) in [5, 5.41) is 2.05. The topological polar surface area (TPSA) is 21.7 Å². The second-order valence-electron chi connectivity index (χ2n) is 3.54. The molecule has 0 amide bonds. The van der Waals surface area contributed by atoms with Crippen molar-refractivity contribution in [3.05, 3.63) is 0 Å². The van der Waals surface area contributed by atoms with Crippen molar-refractivity contribution in [3.8, 4) is 0 Å². The molecule has 3 heteroatoms. The van der Waals surface area contributed by atoms with E-state index in [1.165, 1.54) is 25.7 Å². The first-order chi connectivity index (χ1) is 5.95. The van der Waals surface area contributed by atoms with Crippen molar-refractivity contribution in [1.82, 2.24) is 5.06 Å². The van der Waals surface area contributed by atoms with Crippen molar-refractivity contribution in [1.29, 1.82) is 0 Å². The molecule has 0 bridgehead atoms. The predicted octanol–water partition coefficient (Wildman–Crippen LogP) is 1.54. The van der Waals surface area contributed by atoms with E-state index in [2.05, 4.69) is 5.06 Å². The number of nitrogens with zero attached hydrogens (tertiary/aromatic N) is 1. The highest BCUT2D eigenvalue weighted by atomic mass is 16.8. The first-order valence-electron chi connectivity index (χ1n) is 4.98. The van der Waals surface area contributed by atoms with Crippen LogP contribution < -0.4 is 0 Å². The Labute approximate surface area is 73.6 Å². The van der Waals surface area contributed by atoms with Crippen LogP contribution in [0.3, 0.4) is 0 Å². The minimum absolute atomic E-state index is 0.0526. The lowest BCUT2D eigenvalue weighted by Gasteiger charge is -2.26. The molecule has 0 aromatic rings. The molecule has 2 aliphatic rings. The number of ether oxygens (including phenoxy) is 1. The third-order valence-corrected chi connectivity index (χ3v) is 2.47. The number of rotatable bonds is 2. The van der Waals surface area contributed by atoms with Crippen molar-refractivity contribution < 1.29 is 9.57 Å². The van der Waals surface area contributed by atoms with Crippen molar-refractivity contribution in [3.63, 3.8) is 0 Å². The van der Waals surface area contributed by atoms with E-state index in [0.29, 0.717) is 0 Å². The summed E-state index contributed by atoms with van der Waals surface area (Å²) in [4.78, 5) is 5.66. The monoisotopic (exact) mass is 171 g/mol. The third-order valence-electron chi connectivity index (χ3n) is 2.47. The van der Waals surface area contributed by atoms with Gasteiger partial charge in [-0.05, 0) is 25.7 Å². The first-order valence-corrected chi connectivity index (χ1v) is 4.98. The van der Waals surface area contributed by atoms with Crippen LogP contribution in [0, 0.1) is 0 Å². The van der Waals surface area contributed by atoms with E-state index in [1.54, 1.807) is 0 Å². The number of hydrogen-bond acceptors (Lipinski definition) is 3. The lowest BCUT2D eigenvalue weighted by atomic mass is 10.2. The molecule has 0 saturated carbocycles. The number of hydroxylamine groups is 2.